The molecule has 140 valence electrons. The van der Waals surface area contributed by atoms with Gasteiger partial charge in [0.15, 0.2) is 0 Å². The van der Waals surface area contributed by atoms with Gasteiger partial charge < -0.3 is 14.2 Å². The number of hydrogen-bond donors (Lipinski definition) is 0. The van der Waals surface area contributed by atoms with Crippen molar-refractivity contribution in [2.45, 2.75) is 64.1 Å². The van der Waals surface area contributed by atoms with Gasteiger partial charge in [-0.15, -0.1) is 11.3 Å². The van der Waals surface area contributed by atoms with Crippen molar-refractivity contribution in [3.63, 3.8) is 0 Å². The highest BCUT2D eigenvalue weighted by atomic mass is 32.1. The first-order valence-electron chi connectivity index (χ1n) is 9.55. The molecule has 4 rings (SSSR count). The Hall–Kier alpha value is -0.945. The third-order valence-corrected chi connectivity index (χ3v) is 7.89. The predicted molar refractivity (Wildman–Crippen MR) is 109 cm³/mol. The average molecular weight is 372 g/mol. The lowest BCUT2D eigenvalue weighted by Crippen LogP contribution is -2.41. The van der Waals surface area contributed by atoms with E-state index in [4.69, 9.17) is 14.3 Å². The smallest absolute Gasteiger partial charge is 0.399 e. The summed E-state index contributed by atoms with van der Waals surface area (Å²) in [7, 11) is 1.88. The molecular weight excluding hydrogens is 343 g/mol. The van der Waals surface area contributed by atoms with Crippen molar-refractivity contribution in [1.29, 1.82) is 0 Å². The number of hydrogen-bond acceptors (Lipinski definition) is 5. The molecule has 2 saturated heterocycles. The fraction of sp³-hybridized carbons (Fsp3) is 0.650. The summed E-state index contributed by atoms with van der Waals surface area (Å²) in [5, 5.41) is 1.27. The molecule has 0 aliphatic carbocycles. The molecule has 3 heterocycles. The summed E-state index contributed by atoms with van der Waals surface area (Å²) in [6.07, 6.45) is 2.35. The van der Waals surface area contributed by atoms with Gasteiger partial charge in [-0.2, -0.15) is 0 Å². The Morgan fingerprint density at radius 2 is 1.65 bits per heavy atom. The fourth-order valence-corrected chi connectivity index (χ4v) is 4.80. The van der Waals surface area contributed by atoms with E-state index in [2.05, 4.69) is 64.8 Å². The minimum Gasteiger partial charge on any atom is -0.399 e. The number of likely N-dealkylation sites (tertiary alicyclic amines) is 1. The number of benzene rings is 1. The van der Waals surface area contributed by atoms with Gasteiger partial charge in [0.25, 0.3) is 0 Å². The van der Waals surface area contributed by atoms with Crippen LogP contribution in [0.2, 0.25) is 0 Å². The molecule has 0 spiro atoms. The van der Waals surface area contributed by atoms with Crippen LogP contribution in [0.25, 0.3) is 10.2 Å². The monoisotopic (exact) mass is 372 g/mol. The Morgan fingerprint density at radius 3 is 2.27 bits per heavy atom. The van der Waals surface area contributed by atoms with Crippen molar-refractivity contribution in [1.82, 2.24) is 9.88 Å². The summed E-state index contributed by atoms with van der Waals surface area (Å²) in [6, 6.07) is 6.45. The van der Waals surface area contributed by atoms with Crippen molar-refractivity contribution in [3.05, 3.63) is 23.2 Å². The lowest BCUT2D eigenvalue weighted by Gasteiger charge is -2.36. The first-order chi connectivity index (χ1) is 12.1. The van der Waals surface area contributed by atoms with Gasteiger partial charge in [-0.25, -0.2) is 4.98 Å². The molecule has 0 bridgehead atoms. The van der Waals surface area contributed by atoms with E-state index in [0.717, 1.165) is 24.1 Å². The molecule has 0 radical (unpaired) electrons. The molecule has 4 nitrogen and oxygen atoms in total. The van der Waals surface area contributed by atoms with Crippen LogP contribution >= 0.6 is 11.3 Å². The van der Waals surface area contributed by atoms with Gasteiger partial charge in [-0.3, -0.25) is 0 Å². The van der Waals surface area contributed by atoms with Crippen molar-refractivity contribution >= 4 is 34.1 Å². The molecule has 2 fully saturated rings. The van der Waals surface area contributed by atoms with Gasteiger partial charge in [0.2, 0.25) is 0 Å². The molecule has 0 atom stereocenters. The standard InChI is InChI=1S/C20H29BN2O2S/c1-18(2)19(3,4)25-21(24-18)14-7-8-16-15(13-14)22-17(26-16)20(5)9-11-23(6)12-10-20/h7-8,13H,9-12H2,1-6H3. The van der Waals surface area contributed by atoms with Crippen LogP contribution < -0.4 is 5.46 Å². The van der Waals surface area contributed by atoms with E-state index < -0.39 is 0 Å². The zero-order chi connectivity index (χ0) is 18.7. The molecule has 6 heteroatoms. The van der Waals surface area contributed by atoms with Crippen LogP contribution in [0, 0.1) is 0 Å². The van der Waals surface area contributed by atoms with Crippen LogP contribution in [0.4, 0.5) is 0 Å². The van der Waals surface area contributed by atoms with Crippen molar-refractivity contribution in [2.24, 2.45) is 0 Å². The summed E-state index contributed by atoms with van der Waals surface area (Å²) in [4.78, 5) is 7.44. The van der Waals surface area contributed by atoms with Crippen LogP contribution in [0.1, 0.15) is 52.5 Å². The molecule has 0 amide bonds. The van der Waals surface area contributed by atoms with Crippen LogP contribution in [0.5, 0.6) is 0 Å². The summed E-state index contributed by atoms with van der Waals surface area (Å²) in [5.41, 5.74) is 1.68. The Bertz CT molecular complexity index is 808. The first kappa shape index (κ1) is 18.4. The van der Waals surface area contributed by atoms with E-state index in [1.54, 1.807) is 0 Å². The molecule has 1 aromatic carbocycles. The van der Waals surface area contributed by atoms with E-state index in [9.17, 15) is 0 Å². The van der Waals surface area contributed by atoms with E-state index in [-0.39, 0.29) is 23.7 Å². The van der Waals surface area contributed by atoms with Gasteiger partial charge in [-0.05, 0) is 78.3 Å². The van der Waals surface area contributed by atoms with E-state index in [0.29, 0.717) is 0 Å². The van der Waals surface area contributed by atoms with Crippen LogP contribution in [0.3, 0.4) is 0 Å². The Kier molecular flexibility index (Phi) is 4.27. The topological polar surface area (TPSA) is 34.6 Å². The quantitative estimate of drug-likeness (QED) is 0.755. The lowest BCUT2D eigenvalue weighted by molar-refractivity contribution is 0.00578. The van der Waals surface area contributed by atoms with E-state index in [1.165, 1.54) is 22.5 Å². The van der Waals surface area contributed by atoms with Gasteiger partial charge >= 0.3 is 7.12 Å². The van der Waals surface area contributed by atoms with Gasteiger partial charge in [-0.1, -0.05) is 13.0 Å². The van der Waals surface area contributed by atoms with Crippen LogP contribution in [-0.2, 0) is 14.7 Å². The average Bonchev–Trinajstić information content (AvgIpc) is 3.09. The van der Waals surface area contributed by atoms with Crippen molar-refractivity contribution in [3.8, 4) is 0 Å². The van der Waals surface area contributed by atoms with Gasteiger partial charge in [0.1, 0.15) is 0 Å². The molecule has 2 aromatic rings. The molecule has 0 saturated carbocycles. The second kappa shape index (κ2) is 6.03. The molecular formula is C20H29BN2O2S. The van der Waals surface area contributed by atoms with Crippen LogP contribution in [0.15, 0.2) is 18.2 Å². The van der Waals surface area contributed by atoms with Crippen molar-refractivity contribution in [2.75, 3.05) is 20.1 Å². The summed E-state index contributed by atoms with van der Waals surface area (Å²) in [5.74, 6) is 0. The van der Waals surface area contributed by atoms with Gasteiger partial charge in [0.05, 0.1) is 26.4 Å². The van der Waals surface area contributed by atoms with E-state index in [1.807, 2.05) is 11.3 Å². The maximum Gasteiger partial charge on any atom is 0.494 e. The second-order valence-corrected chi connectivity index (χ2v) is 10.2. The summed E-state index contributed by atoms with van der Waals surface area (Å²) in [6.45, 7) is 13.0. The first-order valence-corrected chi connectivity index (χ1v) is 10.4. The predicted octanol–water partition coefficient (Wildman–Crippen LogP) is 3.58. The maximum absolute atomic E-state index is 6.20. The molecule has 2 aliphatic rings. The number of rotatable bonds is 2. The molecule has 0 N–H and O–H groups in total. The summed E-state index contributed by atoms with van der Waals surface area (Å²) >= 11 is 1.84. The zero-order valence-corrected chi connectivity index (χ0v) is 17.6. The lowest BCUT2D eigenvalue weighted by atomic mass is 9.79. The highest BCUT2D eigenvalue weighted by Gasteiger charge is 2.51. The van der Waals surface area contributed by atoms with Crippen molar-refractivity contribution < 1.29 is 9.31 Å². The Labute approximate surface area is 161 Å². The number of fused-ring (bicyclic) bond motifs is 1. The molecule has 2 aliphatic heterocycles. The van der Waals surface area contributed by atoms with Crippen LogP contribution in [-0.4, -0.2) is 48.3 Å². The highest BCUT2D eigenvalue weighted by molar-refractivity contribution is 7.18. The number of nitrogens with zero attached hydrogens (tertiary/aromatic N) is 2. The van der Waals surface area contributed by atoms with E-state index >= 15 is 0 Å². The third-order valence-electron chi connectivity index (χ3n) is 6.54. The number of piperidine rings is 1. The fourth-order valence-electron chi connectivity index (χ4n) is 3.65. The largest absolute Gasteiger partial charge is 0.494 e. The second-order valence-electron chi connectivity index (χ2n) is 9.20. The third kappa shape index (κ3) is 3.01. The normalized spacial score (nSPS) is 25.1. The maximum atomic E-state index is 6.20. The highest BCUT2D eigenvalue weighted by Crippen LogP contribution is 2.39. The number of aromatic nitrogens is 1. The van der Waals surface area contributed by atoms with Gasteiger partial charge in [0, 0.05) is 5.41 Å². The Balaban J connectivity index is 1.63. The molecule has 26 heavy (non-hydrogen) atoms. The minimum absolute atomic E-state index is 0.195. The SMILES string of the molecule is CN1CCC(C)(c2nc3cc(B4OC(C)(C)C(C)(C)O4)ccc3s2)CC1. The molecule has 0 unspecified atom stereocenters. The Morgan fingerprint density at radius 1 is 1.04 bits per heavy atom. The molecule has 1 aromatic heterocycles. The zero-order valence-electron chi connectivity index (χ0n) is 16.8. The summed E-state index contributed by atoms with van der Waals surface area (Å²) < 4.78 is 13.7. The number of thiazole rings is 1. The minimum atomic E-state index is -0.325.